The number of benzene rings is 2. The van der Waals surface area contributed by atoms with Gasteiger partial charge >= 0.3 is 5.69 Å². The number of methoxy groups -OCH3 is 1. The predicted molar refractivity (Wildman–Crippen MR) is 74.6 cm³/mol. The molecule has 0 aliphatic carbocycles. The van der Waals surface area contributed by atoms with Gasteiger partial charge in [-0.25, -0.2) is 9.18 Å². The van der Waals surface area contributed by atoms with Gasteiger partial charge in [0.15, 0.2) is 0 Å². The minimum atomic E-state index is -0.423. The van der Waals surface area contributed by atoms with Crippen molar-refractivity contribution in [2.24, 2.45) is 0 Å². The van der Waals surface area contributed by atoms with Crippen LogP contribution in [0.1, 0.15) is 5.56 Å². The lowest BCUT2D eigenvalue weighted by molar-refractivity contribution is 0.414. The van der Waals surface area contributed by atoms with Crippen LogP contribution in [0.4, 0.5) is 4.39 Å². The van der Waals surface area contributed by atoms with Gasteiger partial charge in [-0.2, -0.15) is 0 Å². The zero-order chi connectivity index (χ0) is 14.1. The lowest BCUT2D eigenvalue weighted by atomic mass is 10.2. The molecule has 1 heterocycles. The second kappa shape index (κ2) is 4.85. The maximum atomic E-state index is 13.6. The normalized spacial score (nSPS) is 10.9. The summed E-state index contributed by atoms with van der Waals surface area (Å²) in [5.74, 6) is 0.333. The number of nitrogens with one attached hydrogen (secondary N) is 1. The SMILES string of the molecule is COc1ccc(Cn2c(=O)[nH]c3c(F)cccc32)cc1. The van der Waals surface area contributed by atoms with Crippen LogP contribution >= 0.6 is 0 Å². The number of nitrogens with zero attached hydrogens (tertiary/aromatic N) is 1. The lowest BCUT2D eigenvalue weighted by Crippen LogP contribution is -2.17. The molecule has 0 spiro atoms. The molecule has 0 unspecified atom stereocenters. The van der Waals surface area contributed by atoms with Crippen molar-refractivity contribution in [1.82, 2.24) is 9.55 Å². The number of halogens is 1. The fourth-order valence-electron chi connectivity index (χ4n) is 2.22. The van der Waals surface area contributed by atoms with E-state index in [9.17, 15) is 9.18 Å². The number of para-hydroxylation sites is 1. The first-order chi connectivity index (χ1) is 9.69. The summed E-state index contributed by atoms with van der Waals surface area (Å²) in [7, 11) is 1.60. The maximum Gasteiger partial charge on any atom is 0.326 e. The Labute approximate surface area is 114 Å². The van der Waals surface area contributed by atoms with E-state index in [4.69, 9.17) is 4.74 Å². The first-order valence-electron chi connectivity index (χ1n) is 6.19. The van der Waals surface area contributed by atoms with Gasteiger partial charge in [-0.1, -0.05) is 18.2 Å². The summed E-state index contributed by atoms with van der Waals surface area (Å²) in [5.41, 5.74) is 1.43. The zero-order valence-electron chi connectivity index (χ0n) is 10.9. The number of H-pyrrole nitrogens is 1. The molecule has 0 amide bonds. The molecule has 102 valence electrons. The number of aromatic nitrogens is 2. The summed E-state index contributed by atoms with van der Waals surface area (Å²) in [6.45, 7) is 0.381. The highest BCUT2D eigenvalue weighted by molar-refractivity contribution is 5.75. The highest BCUT2D eigenvalue weighted by Gasteiger charge is 2.10. The molecule has 0 saturated carbocycles. The quantitative estimate of drug-likeness (QED) is 0.796. The molecule has 0 fully saturated rings. The number of fused-ring (bicyclic) bond motifs is 1. The molecule has 0 aliphatic heterocycles. The van der Waals surface area contributed by atoms with Crippen molar-refractivity contribution < 1.29 is 9.13 Å². The van der Waals surface area contributed by atoms with Crippen LogP contribution in [0.2, 0.25) is 0 Å². The highest BCUT2D eigenvalue weighted by Crippen LogP contribution is 2.16. The molecule has 0 radical (unpaired) electrons. The summed E-state index contributed by atoms with van der Waals surface area (Å²) in [5, 5.41) is 0. The molecule has 1 N–H and O–H groups in total. The van der Waals surface area contributed by atoms with Crippen molar-refractivity contribution in [3.8, 4) is 5.75 Å². The molecule has 0 bridgehead atoms. The van der Waals surface area contributed by atoms with E-state index >= 15 is 0 Å². The Bertz CT molecular complexity index is 803. The van der Waals surface area contributed by atoms with Crippen molar-refractivity contribution in [3.05, 3.63) is 64.3 Å². The smallest absolute Gasteiger partial charge is 0.326 e. The third-order valence-corrected chi connectivity index (χ3v) is 3.26. The fraction of sp³-hybridized carbons (Fsp3) is 0.133. The number of aromatic amines is 1. The first kappa shape index (κ1) is 12.5. The largest absolute Gasteiger partial charge is 0.497 e. The Morgan fingerprint density at radius 1 is 1.20 bits per heavy atom. The van der Waals surface area contributed by atoms with Crippen LogP contribution in [-0.4, -0.2) is 16.7 Å². The Kier molecular flexibility index (Phi) is 3.02. The van der Waals surface area contributed by atoms with E-state index in [-0.39, 0.29) is 11.2 Å². The van der Waals surface area contributed by atoms with Crippen LogP contribution < -0.4 is 10.4 Å². The summed E-state index contributed by atoms with van der Waals surface area (Å²) < 4.78 is 20.2. The Hall–Kier alpha value is -2.56. The second-order valence-electron chi connectivity index (χ2n) is 4.50. The van der Waals surface area contributed by atoms with Crippen molar-refractivity contribution in [1.29, 1.82) is 0 Å². The van der Waals surface area contributed by atoms with E-state index in [1.54, 1.807) is 19.2 Å². The third-order valence-electron chi connectivity index (χ3n) is 3.26. The topological polar surface area (TPSA) is 47.0 Å². The zero-order valence-corrected chi connectivity index (χ0v) is 10.9. The minimum Gasteiger partial charge on any atom is -0.497 e. The second-order valence-corrected chi connectivity index (χ2v) is 4.50. The fourth-order valence-corrected chi connectivity index (χ4v) is 2.22. The van der Waals surface area contributed by atoms with Crippen molar-refractivity contribution in [2.45, 2.75) is 6.54 Å². The molecular formula is C15H13FN2O2. The van der Waals surface area contributed by atoms with Crippen molar-refractivity contribution in [2.75, 3.05) is 7.11 Å². The van der Waals surface area contributed by atoms with Crippen LogP contribution in [0.15, 0.2) is 47.3 Å². The van der Waals surface area contributed by atoms with E-state index in [2.05, 4.69) is 4.98 Å². The minimum absolute atomic E-state index is 0.242. The molecule has 2 aromatic carbocycles. The molecule has 4 nitrogen and oxygen atoms in total. The average molecular weight is 272 g/mol. The van der Waals surface area contributed by atoms with E-state index in [1.807, 2.05) is 24.3 Å². The highest BCUT2D eigenvalue weighted by atomic mass is 19.1. The van der Waals surface area contributed by atoms with Gasteiger partial charge in [-0.3, -0.25) is 4.57 Å². The number of hydrogen-bond acceptors (Lipinski definition) is 2. The van der Waals surface area contributed by atoms with E-state index in [0.717, 1.165) is 11.3 Å². The molecule has 0 saturated heterocycles. The van der Waals surface area contributed by atoms with E-state index in [0.29, 0.717) is 12.1 Å². The summed E-state index contributed by atoms with van der Waals surface area (Å²) in [6, 6.07) is 12.1. The molecule has 1 aromatic heterocycles. The number of rotatable bonds is 3. The Balaban J connectivity index is 2.04. The Morgan fingerprint density at radius 2 is 1.95 bits per heavy atom. The average Bonchev–Trinajstić information content (AvgIpc) is 2.78. The van der Waals surface area contributed by atoms with Crippen LogP contribution in [0.5, 0.6) is 5.75 Å². The van der Waals surface area contributed by atoms with Gasteiger partial charge in [0.1, 0.15) is 17.1 Å². The molecule has 20 heavy (non-hydrogen) atoms. The summed E-state index contributed by atoms with van der Waals surface area (Å²) >= 11 is 0. The Morgan fingerprint density at radius 3 is 2.65 bits per heavy atom. The monoisotopic (exact) mass is 272 g/mol. The molecule has 0 atom stereocenters. The molecule has 0 aliphatic rings. The van der Waals surface area contributed by atoms with Crippen LogP contribution in [0, 0.1) is 5.82 Å². The standard InChI is InChI=1S/C15H13FN2O2/c1-20-11-7-5-10(6-8-11)9-18-13-4-2-3-12(16)14(13)17-15(18)19/h2-8H,9H2,1H3,(H,17,19). The molecular weight excluding hydrogens is 259 g/mol. The predicted octanol–water partition coefficient (Wildman–Crippen LogP) is 2.53. The molecule has 3 rings (SSSR count). The van der Waals surface area contributed by atoms with Gasteiger partial charge in [0.2, 0.25) is 0 Å². The number of hydrogen-bond donors (Lipinski definition) is 1. The van der Waals surface area contributed by atoms with Gasteiger partial charge in [-0.15, -0.1) is 0 Å². The van der Waals surface area contributed by atoms with Crippen LogP contribution in [-0.2, 0) is 6.54 Å². The van der Waals surface area contributed by atoms with Crippen LogP contribution in [0.25, 0.3) is 11.0 Å². The van der Waals surface area contributed by atoms with Gasteiger partial charge < -0.3 is 9.72 Å². The van der Waals surface area contributed by atoms with Gasteiger partial charge in [0.25, 0.3) is 0 Å². The lowest BCUT2D eigenvalue weighted by Gasteiger charge is -2.05. The number of imidazole rings is 1. The van der Waals surface area contributed by atoms with E-state index < -0.39 is 5.82 Å². The maximum absolute atomic E-state index is 13.6. The molecule has 5 heteroatoms. The van der Waals surface area contributed by atoms with Crippen molar-refractivity contribution >= 4 is 11.0 Å². The van der Waals surface area contributed by atoms with Crippen LogP contribution in [0.3, 0.4) is 0 Å². The van der Waals surface area contributed by atoms with Gasteiger partial charge in [0.05, 0.1) is 19.2 Å². The molecule has 3 aromatic rings. The van der Waals surface area contributed by atoms with Gasteiger partial charge in [-0.05, 0) is 29.8 Å². The third kappa shape index (κ3) is 2.07. The van der Waals surface area contributed by atoms with E-state index in [1.165, 1.54) is 10.6 Å². The summed E-state index contributed by atoms with van der Waals surface area (Å²) in [6.07, 6.45) is 0. The first-order valence-corrected chi connectivity index (χ1v) is 6.19. The number of ether oxygens (including phenoxy) is 1. The van der Waals surface area contributed by atoms with Gasteiger partial charge in [0, 0.05) is 0 Å². The summed E-state index contributed by atoms with van der Waals surface area (Å²) in [4.78, 5) is 14.5. The van der Waals surface area contributed by atoms with Crippen molar-refractivity contribution in [3.63, 3.8) is 0 Å².